The first-order chi connectivity index (χ1) is 18.9. The Morgan fingerprint density at radius 3 is 2.49 bits per heavy atom. The average molecular weight is 572 g/mol. The van der Waals surface area contributed by atoms with Crippen molar-refractivity contribution in [2.75, 3.05) is 5.32 Å². The lowest BCUT2D eigenvalue weighted by atomic mass is 10.1. The van der Waals surface area contributed by atoms with E-state index in [2.05, 4.69) is 27.9 Å². The highest BCUT2D eigenvalue weighted by molar-refractivity contribution is 7.80. The number of nitrogens with zero attached hydrogens (tertiary/aromatic N) is 3. The number of carbonyl (C=O) groups excluding carboxylic acids is 1. The molecular formula is C29H19Cl2N5O2S. The molecule has 1 amide bonds. The highest BCUT2D eigenvalue weighted by Crippen LogP contribution is 2.30. The topological polar surface area (TPSA) is 85.0 Å². The number of aryl methyl sites for hydroxylation is 1. The highest BCUT2D eigenvalue weighted by Gasteiger charge is 2.16. The van der Waals surface area contributed by atoms with Gasteiger partial charge in [-0.2, -0.15) is 0 Å². The number of aromatic nitrogens is 3. The van der Waals surface area contributed by atoms with Crippen LogP contribution in [0.5, 0.6) is 0 Å². The molecule has 0 fully saturated rings. The number of thiocarbonyl (C=S) groups is 1. The maximum Gasteiger partial charge on any atom is 0.293 e. The number of benzene rings is 4. The first-order valence-corrected chi connectivity index (χ1v) is 13.1. The van der Waals surface area contributed by atoms with Crippen LogP contribution in [0, 0.1) is 6.92 Å². The van der Waals surface area contributed by atoms with Gasteiger partial charge in [0.05, 0.1) is 15.7 Å². The van der Waals surface area contributed by atoms with E-state index in [1.165, 1.54) is 0 Å². The van der Waals surface area contributed by atoms with Crippen LogP contribution in [0.4, 0.5) is 5.69 Å². The normalized spacial score (nSPS) is 11.2. The van der Waals surface area contributed by atoms with Crippen molar-refractivity contribution in [1.29, 1.82) is 0 Å². The van der Waals surface area contributed by atoms with Gasteiger partial charge in [0.1, 0.15) is 16.8 Å². The van der Waals surface area contributed by atoms with Crippen LogP contribution in [-0.4, -0.2) is 26.0 Å². The molecule has 0 spiro atoms. The molecule has 0 saturated carbocycles. The second-order valence-electron chi connectivity index (χ2n) is 8.84. The molecule has 6 aromatic rings. The van der Waals surface area contributed by atoms with Crippen molar-refractivity contribution < 1.29 is 9.21 Å². The summed E-state index contributed by atoms with van der Waals surface area (Å²) >= 11 is 17.5. The van der Waals surface area contributed by atoms with Crippen molar-refractivity contribution in [3.8, 4) is 17.0 Å². The molecule has 0 unspecified atom stereocenters. The molecule has 0 aliphatic carbocycles. The largest absolute Gasteiger partial charge is 0.451 e. The fourth-order valence-electron chi connectivity index (χ4n) is 4.28. The molecule has 0 aliphatic rings. The molecule has 7 nitrogen and oxygen atoms in total. The molecule has 0 saturated heterocycles. The summed E-state index contributed by atoms with van der Waals surface area (Å²) in [5.74, 6) is 0.0954. The number of anilines is 1. The Kier molecular flexibility index (Phi) is 6.52. The van der Waals surface area contributed by atoms with Crippen LogP contribution in [-0.2, 0) is 0 Å². The van der Waals surface area contributed by atoms with Crippen LogP contribution in [0.1, 0.15) is 16.1 Å². The lowest BCUT2D eigenvalue weighted by Gasteiger charge is -2.11. The number of nitrogens with one attached hydrogen (secondary N) is 2. The lowest BCUT2D eigenvalue weighted by molar-refractivity contribution is 0.0951. The lowest BCUT2D eigenvalue weighted by Crippen LogP contribution is -2.34. The minimum Gasteiger partial charge on any atom is -0.451 e. The van der Waals surface area contributed by atoms with Crippen LogP contribution in [0.2, 0.25) is 10.0 Å². The van der Waals surface area contributed by atoms with E-state index in [0.717, 1.165) is 27.5 Å². The summed E-state index contributed by atoms with van der Waals surface area (Å²) in [4.78, 5) is 14.4. The van der Waals surface area contributed by atoms with Gasteiger partial charge in [0.25, 0.3) is 5.91 Å². The van der Waals surface area contributed by atoms with Crippen molar-refractivity contribution in [2.24, 2.45) is 0 Å². The molecule has 0 aliphatic heterocycles. The minimum atomic E-state index is -0.487. The van der Waals surface area contributed by atoms with Gasteiger partial charge < -0.3 is 9.73 Å². The van der Waals surface area contributed by atoms with Crippen LogP contribution >= 0.6 is 35.4 Å². The maximum atomic E-state index is 12.8. The summed E-state index contributed by atoms with van der Waals surface area (Å²) in [5, 5.41) is 18.2. The summed E-state index contributed by atoms with van der Waals surface area (Å²) in [5.41, 5.74) is 4.61. The van der Waals surface area contributed by atoms with Crippen LogP contribution < -0.4 is 10.6 Å². The summed E-state index contributed by atoms with van der Waals surface area (Å²) in [6.07, 6.45) is 0. The third kappa shape index (κ3) is 4.97. The van der Waals surface area contributed by atoms with E-state index in [1.54, 1.807) is 35.1 Å². The fraction of sp³-hybridized carbons (Fsp3) is 0.0345. The average Bonchev–Trinajstić information content (AvgIpc) is 3.58. The molecule has 0 bridgehead atoms. The van der Waals surface area contributed by atoms with E-state index in [0.29, 0.717) is 32.6 Å². The van der Waals surface area contributed by atoms with Gasteiger partial charge in [-0.1, -0.05) is 59.6 Å². The quantitative estimate of drug-likeness (QED) is 0.212. The zero-order chi connectivity index (χ0) is 27.1. The Morgan fingerprint density at radius 2 is 1.67 bits per heavy atom. The standard InChI is InChI=1S/C29H19Cl2N5O2S/c1-16-13-23-24(35-36(34-23)25-8-4-6-17-5-2-3-7-19(17)25)15-22(16)32-29(39)33-28(37)27-12-11-26(38-27)18-9-10-20(30)21(31)14-18/h2-15H,1H3,(H2,32,33,37,39). The number of hydrogen-bond acceptors (Lipinski definition) is 5. The van der Waals surface area contributed by atoms with Crippen molar-refractivity contribution in [1.82, 2.24) is 20.3 Å². The first-order valence-electron chi connectivity index (χ1n) is 11.9. The molecule has 0 atom stereocenters. The van der Waals surface area contributed by atoms with Gasteiger partial charge in [0.15, 0.2) is 10.9 Å². The van der Waals surface area contributed by atoms with E-state index in [1.807, 2.05) is 49.4 Å². The van der Waals surface area contributed by atoms with Crippen molar-refractivity contribution >= 4 is 73.9 Å². The Hall–Kier alpha value is -4.24. The second kappa shape index (κ2) is 10.1. The molecule has 39 heavy (non-hydrogen) atoms. The fourth-order valence-corrected chi connectivity index (χ4v) is 4.78. The van der Waals surface area contributed by atoms with Gasteiger partial charge in [-0.15, -0.1) is 15.0 Å². The second-order valence-corrected chi connectivity index (χ2v) is 10.1. The third-order valence-corrected chi connectivity index (χ3v) is 7.16. The van der Waals surface area contributed by atoms with Crippen molar-refractivity contribution in [3.05, 3.63) is 106 Å². The number of halogens is 2. The monoisotopic (exact) mass is 571 g/mol. The van der Waals surface area contributed by atoms with E-state index in [4.69, 9.17) is 44.9 Å². The summed E-state index contributed by atoms with van der Waals surface area (Å²) < 4.78 is 5.71. The number of furan rings is 1. The van der Waals surface area contributed by atoms with Gasteiger partial charge in [0, 0.05) is 16.6 Å². The number of amides is 1. The first kappa shape index (κ1) is 25.1. The van der Waals surface area contributed by atoms with Crippen LogP contribution in [0.15, 0.2) is 89.3 Å². The number of rotatable bonds is 4. The zero-order valence-electron chi connectivity index (χ0n) is 20.4. The molecule has 2 heterocycles. The van der Waals surface area contributed by atoms with E-state index < -0.39 is 5.91 Å². The third-order valence-electron chi connectivity index (χ3n) is 6.22. The van der Waals surface area contributed by atoms with Gasteiger partial charge in [-0.25, -0.2) is 0 Å². The van der Waals surface area contributed by atoms with E-state index >= 15 is 0 Å². The molecular weight excluding hydrogens is 553 g/mol. The molecule has 0 radical (unpaired) electrons. The SMILES string of the molecule is Cc1cc2nn(-c3cccc4ccccc34)nc2cc1NC(=S)NC(=O)c1ccc(-c2ccc(Cl)c(Cl)c2)o1. The molecule has 10 heteroatoms. The molecule has 2 aromatic heterocycles. The molecule has 6 rings (SSSR count). The minimum absolute atomic E-state index is 0.102. The molecule has 192 valence electrons. The summed E-state index contributed by atoms with van der Waals surface area (Å²) in [7, 11) is 0. The van der Waals surface area contributed by atoms with Gasteiger partial charge >= 0.3 is 0 Å². The van der Waals surface area contributed by atoms with E-state index in [9.17, 15) is 4.79 Å². The Bertz CT molecular complexity index is 1910. The zero-order valence-corrected chi connectivity index (χ0v) is 22.7. The Morgan fingerprint density at radius 1 is 0.897 bits per heavy atom. The van der Waals surface area contributed by atoms with Gasteiger partial charge in [-0.05, 0) is 78.6 Å². The van der Waals surface area contributed by atoms with Crippen molar-refractivity contribution in [2.45, 2.75) is 6.92 Å². The van der Waals surface area contributed by atoms with Gasteiger partial charge in [0.2, 0.25) is 0 Å². The summed E-state index contributed by atoms with van der Waals surface area (Å²) in [6, 6.07) is 26.3. The number of carbonyl (C=O) groups is 1. The maximum absolute atomic E-state index is 12.8. The molecule has 4 aromatic carbocycles. The summed E-state index contributed by atoms with van der Waals surface area (Å²) in [6.45, 7) is 1.93. The number of fused-ring (bicyclic) bond motifs is 2. The van der Waals surface area contributed by atoms with Crippen LogP contribution in [0.3, 0.4) is 0 Å². The smallest absolute Gasteiger partial charge is 0.293 e. The predicted octanol–water partition coefficient (Wildman–Crippen LogP) is 7.58. The van der Waals surface area contributed by atoms with Crippen molar-refractivity contribution in [3.63, 3.8) is 0 Å². The van der Waals surface area contributed by atoms with Gasteiger partial charge in [-0.3, -0.25) is 10.1 Å². The highest BCUT2D eigenvalue weighted by atomic mass is 35.5. The van der Waals surface area contributed by atoms with E-state index in [-0.39, 0.29) is 10.9 Å². The predicted molar refractivity (Wildman–Crippen MR) is 159 cm³/mol. The Balaban J connectivity index is 1.19. The van der Waals surface area contributed by atoms with Crippen LogP contribution in [0.25, 0.3) is 38.8 Å². The molecule has 2 N–H and O–H groups in total. The number of hydrogen-bond donors (Lipinski definition) is 2. The Labute approximate surface area is 238 Å².